The van der Waals surface area contributed by atoms with E-state index in [-0.39, 0.29) is 22.4 Å². The lowest BCUT2D eigenvalue weighted by molar-refractivity contribution is 0.0378. The number of anilines is 1. The Morgan fingerprint density at radius 1 is 1.53 bits per heavy atom. The fourth-order valence-corrected chi connectivity index (χ4v) is 1.24. The topological polar surface area (TPSA) is 52.3 Å². The van der Waals surface area contributed by atoms with Crippen LogP contribution in [0.5, 0.6) is 0 Å². The van der Waals surface area contributed by atoms with Gasteiger partial charge in [0, 0.05) is 0 Å². The van der Waals surface area contributed by atoms with Gasteiger partial charge in [-0.15, -0.1) is 0 Å². The summed E-state index contributed by atoms with van der Waals surface area (Å²) in [5.74, 6) is -1.30. The molecule has 0 bridgehead atoms. The van der Waals surface area contributed by atoms with Crippen LogP contribution in [0.3, 0.4) is 0 Å². The summed E-state index contributed by atoms with van der Waals surface area (Å²) in [5.41, 5.74) is 5.51. The zero-order chi connectivity index (χ0) is 11.6. The van der Waals surface area contributed by atoms with Crippen LogP contribution in [0, 0.1) is 5.82 Å². The van der Waals surface area contributed by atoms with Crippen molar-refractivity contribution < 1.29 is 13.9 Å². The van der Waals surface area contributed by atoms with E-state index in [9.17, 15) is 9.18 Å². The minimum Gasteiger partial charge on any atom is -0.459 e. The molecule has 0 aliphatic heterocycles. The lowest BCUT2D eigenvalue weighted by atomic mass is 10.2. The van der Waals surface area contributed by atoms with Crippen molar-refractivity contribution in [2.45, 2.75) is 20.0 Å². The van der Waals surface area contributed by atoms with Gasteiger partial charge in [0.2, 0.25) is 0 Å². The van der Waals surface area contributed by atoms with Crippen LogP contribution in [0.25, 0.3) is 0 Å². The van der Waals surface area contributed by atoms with E-state index >= 15 is 0 Å². The summed E-state index contributed by atoms with van der Waals surface area (Å²) in [7, 11) is 0. The molecule has 0 saturated carbocycles. The molecule has 82 valence electrons. The number of esters is 1. The maximum atomic E-state index is 13.0. The monoisotopic (exact) mass is 231 g/mol. The van der Waals surface area contributed by atoms with Gasteiger partial charge in [-0.1, -0.05) is 11.6 Å². The standard InChI is InChI=1S/C10H11ClFNO2/c1-5(2)15-10(14)7-3-6(12)4-8(11)9(7)13/h3-5H,13H2,1-2H3. The van der Waals surface area contributed by atoms with Crippen LogP contribution in [0.15, 0.2) is 12.1 Å². The zero-order valence-electron chi connectivity index (χ0n) is 8.38. The fraction of sp³-hybridized carbons (Fsp3) is 0.300. The second-order valence-electron chi connectivity index (χ2n) is 3.30. The van der Waals surface area contributed by atoms with E-state index in [1.165, 1.54) is 0 Å². The van der Waals surface area contributed by atoms with E-state index in [1.807, 2.05) is 0 Å². The molecular formula is C10H11ClFNO2. The molecule has 2 N–H and O–H groups in total. The summed E-state index contributed by atoms with van der Waals surface area (Å²) >= 11 is 5.63. The van der Waals surface area contributed by atoms with Crippen LogP contribution in [0.1, 0.15) is 24.2 Å². The molecule has 0 spiro atoms. The molecule has 0 radical (unpaired) electrons. The zero-order valence-corrected chi connectivity index (χ0v) is 9.14. The number of benzene rings is 1. The van der Waals surface area contributed by atoms with E-state index < -0.39 is 11.8 Å². The summed E-state index contributed by atoms with van der Waals surface area (Å²) in [6.45, 7) is 3.38. The number of nitrogens with two attached hydrogens (primary N) is 1. The van der Waals surface area contributed by atoms with Gasteiger partial charge in [0.05, 0.1) is 22.4 Å². The molecule has 0 aromatic heterocycles. The van der Waals surface area contributed by atoms with Gasteiger partial charge in [-0.25, -0.2) is 9.18 Å². The minimum absolute atomic E-state index is 0.00528. The van der Waals surface area contributed by atoms with Crippen molar-refractivity contribution in [1.82, 2.24) is 0 Å². The van der Waals surface area contributed by atoms with Crippen molar-refractivity contribution in [2.75, 3.05) is 5.73 Å². The molecular weight excluding hydrogens is 221 g/mol. The van der Waals surface area contributed by atoms with Crippen LogP contribution in [-0.2, 0) is 4.74 Å². The van der Waals surface area contributed by atoms with Crippen molar-refractivity contribution in [3.8, 4) is 0 Å². The predicted molar refractivity (Wildman–Crippen MR) is 56.4 cm³/mol. The number of hydrogen-bond acceptors (Lipinski definition) is 3. The number of rotatable bonds is 2. The first-order valence-corrected chi connectivity index (χ1v) is 4.75. The number of nitrogen functional groups attached to an aromatic ring is 1. The van der Waals surface area contributed by atoms with Crippen LogP contribution < -0.4 is 5.73 Å². The molecule has 3 nitrogen and oxygen atoms in total. The molecule has 0 unspecified atom stereocenters. The Labute approximate surface area is 92.0 Å². The first-order chi connectivity index (χ1) is 6.91. The van der Waals surface area contributed by atoms with Crippen LogP contribution >= 0.6 is 11.6 Å². The third-order valence-corrected chi connectivity index (χ3v) is 1.97. The Kier molecular flexibility index (Phi) is 3.52. The molecule has 0 heterocycles. The van der Waals surface area contributed by atoms with Crippen molar-refractivity contribution in [3.63, 3.8) is 0 Å². The average molecular weight is 232 g/mol. The highest BCUT2D eigenvalue weighted by Crippen LogP contribution is 2.25. The number of hydrogen-bond donors (Lipinski definition) is 1. The SMILES string of the molecule is CC(C)OC(=O)c1cc(F)cc(Cl)c1N. The maximum Gasteiger partial charge on any atom is 0.340 e. The molecule has 0 saturated heterocycles. The summed E-state index contributed by atoms with van der Waals surface area (Å²) in [6.07, 6.45) is -0.293. The molecule has 0 aliphatic carbocycles. The predicted octanol–water partition coefficient (Wildman–Crippen LogP) is 2.63. The van der Waals surface area contributed by atoms with Gasteiger partial charge in [-0.05, 0) is 26.0 Å². The van der Waals surface area contributed by atoms with Gasteiger partial charge in [-0.2, -0.15) is 0 Å². The highest BCUT2D eigenvalue weighted by Gasteiger charge is 2.16. The third kappa shape index (κ3) is 2.83. The number of carbonyl (C=O) groups excluding carboxylic acids is 1. The molecule has 1 aromatic rings. The number of carbonyl (C=O) groups is 1. The second kappa shape index (κ2) is 4.49. The van der Waals surface area contributed by atoms with E-state index in [0.29, 0.717) is 0 Å². The highest BCUT2D eigenvalue weighted by molar-refractivity contribution is 6.33. The first-order valence-electron chi connectivity index (χ1n) is 4.37. The molecule has 1 rings (SSSR count). The number of halogens is 2. The Morgan fingerprint density at radius 2 is 2.13 bits per heavy atom. The normalized spacial score (nSPS) is 10.5. The van der Waals surface area contributed by atoms with Gasteiger partial charge in [0.1, 0.15) is 5.82 Å². The van der Waals surface area contributed by atoms with Crippen molar-refractivity contribution in [1.29, 1.82) is 0 Å². The molecule has 0 atom stereocenters. The molecule has 0 amide bonds. The Bertz CT molecular complexity index is 393. The summed E-state index contributed by atoms with van der Waals surface area (Å²) in [5, 5.41) is 0.00528. The minimum atomic E-state index is -0.677. The highest BCUT2D eigenvalue weighted by atomic mass is 35.5. The van der Waals surface area contributed by atoms with Crippen molar-refractivity contribution in [3.05, 3.63) is 28.5 Å². The largest absolute Gasteiger partial charge is 0.459 e. The van der Waals surface area contributed by atoms with E-state index in [4.69, 9.17) is 22.1 Å². The molecule has 1 aromatic carbocycles. The Morgan fingerprint density at radius 3 is 2.67 bits per heavy atom. The van der Waals surface area contributed by atoms with Gasteiger partial charge >= 0.3 is 5.97 Å². The summed E-state index contributed by atoms with van der Waals surface area (Å²) in [4.78, 5) is 11.5. The van der Waals surface area contributed by atoms with E-state index in [2.05, 4.69) is 0 Å². The van der Waals surface area contributed by atoms with E-state index in [1.54, 1.807) is 13.8 Å². The summed E-state index contributed by atoms with van der Waals surface area (Å²) < 4.78 is 17.8. The van der Waals surface area contributed by atoms with Crippen molar-refractivity contribution in [2.24, 2.45) is 0 Å². The lowest BCUT2D eigenvalue weighted by Gasteiger charge is -2.10. The van der Waals surface area contributed by atoms with Gasteiger partial charge < -0.3 is 10.5 Å². The quantitative estimate of drug-likeness (QED) is 0.629. The van der Waals surface area contributed by atoms with Crippen LogP contribution in [0.4, 0.5) is 10.1 Å². The number of ether oxygens (including phenoxy) is 1. The molecule has 0 fully saturated rings. The van der Waals surface area contributed by atoms with Crippen molar-refractivity contribution >= 4 is 23.3 Å². The molecule has 15 heavy (non-hydrogen) atoms. The fourth-order valence-electron chi connectivity index (χ4n) is 1.03. The first kappa shape index (κ1) is 11.8. The van der Waals surface area contributed by atoms with Crippen LogP contribution in [0.2, 0.25) is 5.02 Å². The summed E-state index contributed by atoms with van der Waals surface area (Å²) in [6, 6.07) is 2.05. The van der Waals surface area contributed by atoms with Gasteiger partial charge in [0.15, 0.2) is 0 Å². The second-order valence-corrected chi connectivity index (χ2v) is 3.71. The third-order valence-electron chi connectivity index (χ3n) is 1.66. The Balaban J connectivity index is 3.08. The van der Waals surface area contributed by atoms with Crippen LogP contribution in [-0.4, -0.2) is 12.1 Å². The van der Waals surface area contributed by atoms with Gasteiger partial charge in [-0.3, -0.25) is 0 Å². The average Bonchev–Trinajstić information content (AvgIpc) is 2.09. The molecule has 0 aliphatic rings. The smallest absolute Gasteiger partial charge is 0.340 e. The maximum absolute atomic E-state index is 13.0. The lowest BCUT2D eigenvalue weighted by Crippen LogP contribution is -2.14. The Hall–Kier alpha value is -1.29. The molecule has 5 heteroatoms. The van der Waals surface area contributed by atoms with Gasteiger partial charge in [0.25, 0.3) is 0 Å². The van der Waals surface area contributed by atoms with E-state index in [0.717, 1.165) is 12.1 Å².